The van der Waals surface area contributed by atoms with Gasteiger partial charge in [0.15, 0.2) is 6.29 Å². The lowest BCUT2D eigenvalue weighted by Crippen LogP contribution is -2.60. The van der Waals surface area contributed by atoms with Gasteiger partial charge in [0, 0.05) is 6.42 Å². The normalized spacial score (nSPS) is 21.2. The molecule has 1 aliphatic heterocycles. The van der Waals surface area contributed by atoms with Gasteiger partial charge in [0.25, 0.3) is 0 Å². The second-order valence-electron chi connectivity index (χ2n) is 16.5. The highest BCUT2D eigenvalue weighted by Gasteiger charge is 2.44. The number of allylic oxidation sites excluding steroid dienone is 11. The van der Waals surface area contributed by atoms with Crippen LogP contribution in [0.5, 0.6) is 0 Å². The average Bonchev–Trinajstić information content (AvgIpc) is 3.25. The third-order valence-electron chi connectivity index (χ3n) is 11.0. The number of ether oxygens (including phenoxy) is 2. The van der Waals surface area contributed by atoms with Gasteiger partial charge in [-0.05, 0) is 64.2 Å². The van der Waals surface area contributed by atoms with Crippen LogP contribution in [0.1, 0.15) is 187 Å². The number of amides is 1. The summed E-state index contributed by atoms with van der Waals surface area (Å²) in [5, 5.41) is 54.2. The molecule has 0 aliphatic carbocycles. The van der Waals surface area contributed by atoms with E-state index in [1.807, 2.05) is 6.08 Å². The van der Waals surface area contributed by atoms with Crippen LogP contribution in [0.2, 0.25) is 0 Å². The summed E-state index contributed by atoms with van der Waals surface area (Å²) in [6, 6.07) is -0.814. The molecule has 1 amide bonds. The summed E-state index contributed by atoms with van der Waals surface area (Å²) in [4.78, 5) is 13.0. The van der Waals surface area contributed by atoms with Gasteiger partial charge in [-0.1, -0.05) is 189 Å². The molecule has 1 saturated heterocycles. The molecule has 0 aromatic heterocycles. The minimum Gasteiger partial charge on any atom is -0.394 e. The van der Waals surface area contributed by atoms with E-state index < -0.39 is 49.5 Å². The lowest BCUT2D eigenvalue weighted by Gasteiger charge is -2.40. The summed E-state index contributed by atoms with van der Waals surface area (Å²) < 4.78 is 11.2. The van der Waals surface area contributed by atoms with Crippen LogP contribution >= 0.6 is 0 Å². The van der Waals surface area contributed by atoms with Crippen LogP contribution in [0.25, 0.3) is 0 Å². The molecule has 346 valence electrons. The lowest BCUT2D eigenvalue weighted by atomic mass is 9.99. The molecule has 0 bridgehead atoms. The predicted molar refractivity (Wildman–Crippen MR) is 249 cm³/mol. The van der Waals surface area contributed by atoms with Gasteiger partial charge in [0.05, 0.1) is 25.4 Å². The first kappa shape index (κ1) is 55.6. The van der Waals surface area contributed by atoms with E-state index in [0.717, 1.165) is 83.5 Å². The summed E-state index contributed by atoms with van der Waals surface area (Å²) in [5.74, 6) is -0.192. The van der Waals surface area contributed by atoms with Crippen molar-refractivity contribution in [3.05, 3.63) is 72.9 Å². The smallest absolute Gasteiger partial charge is 0.220 e. The second kappa shape index (κ2) is 40.7. The van der Waals surface area contributed by atoms with E-state index in [2.05, 4.69) is 79.9 Å². The zero-order valence-electron chi connectivity index (χ0n) is 37.9. The standard InChI is InChI=1S/C51H89NO8/c1-3-5-7-9-11-13-15-17-19-20-21-22-23-24-25-26-27-29-31-33-35-37-39-41-47(55)52-44(43-59-51-50(58)49(57)48(56)46(42-53)60-51)45(54)40-38-36-34-32-30-28-18-16-14-12-10-8-6-4-2/h5,7,11,13,17,19,21-22,24-25,38,40,44-46,48-51,53-54,56-58H,3-4,6,8-10,12,14-16,18,20,23,26-37,39,41-43H2,1-2H3,(H,52,55)/b7-5-,13-11-,19-17-,22-21-,25-24-,40-38+. The Hall–Kier alpha value is -2.37. The van der Waals surface area contributed by atoms with Crippen LogP contribution in [0.15, 0.2) is 72.9 Å². The zero-order chi connectivity index (χ0) is 43.7. The molecule has 0 spiro atoms. The molecule has 1 heterocycles. The molecule has 1 rings (SSSR count). The molecule has 0 saturated carbocycles. The summed E-state index contributed by atoms with van der Waals surface area (Å²) in [5.41, 5.74) is 0. The van der Waals surface area contributed by atoms with E-state index in [0.29, 0.717) is 6.42 Å². The van der Waals surface area contributed by atoms with Crippen molar-refractivity contribution in [2.75, 3.05) is 13.2 Å². The van der Waals surface area contributed by atoms with E-state index in [-0.39, 0.29) is 12.5 Å². The number of hydrogen-bond acceptors (Lipinski definition) is 8. The molecular formula is C51H89NO8. The van der Waals surface area contributed by atoms with Crippen LogP contribution in [0.4, 0.5) is 0 Å². The highest BCUT2D eigenvalue weighted by Crippen LogP contribution is 2.22. The van der Waals surface area contributed by atoms with Crippen LogP contribution < -0.4 is 5.32 Å². The number of carbonyl (C=O) groups is 1. The number of aliphatic hydroxyl groups is 5. The van der Waals surface area contributed by atoms with E-state index in [1.54, 1.807) is 6.08 Å². The summed E-state index contributed by atoms with van der Waals surface area (Å²) in [7, 11) is 0. The minimum atomic E-state index is -1.57. The van der Waals surface area contributed by atoms with Gasteiger partial charge in [0.1, 0.15) is 24.4 Å². The Kier molecular flexibility index (Phi) is 37.7. The summed E-state index contributed by atoms with van der Waals surface area (Å²) >= 11 is 0. The SMILES string of the molecule is CC/C=C\C/C=C\C/C=C\C/C=C\C/C=C\CCCCCCCCCC(=O)NC(COC1OC(CO)C(O)C(O)C1O)C(O)/C=C/CCCCCCCCCCCCCC. The number of rotatable bonds is 39. The van der Waals surface area contributed by atoms with E-state index in [1.165, 1.54) is 83.5 Å². The van der Waals surface area contributed by atoms with Crippen molar-refractivity contribution < 1.29 is 39.8 Å². The number of aliphatic hydroxyl groups excluding tert-OH is 5. The van der Waals surface area contributed by atoms with Crippen molar-refractivity contribution in [1.29, 1.82) is 0 Å². The Morgan fingerprint density at radius 2 is 1.03 bits per heavy atom. The van der Waals surface area contributed by atoms with Gasteiger partial charge < -0.3 is 40.3 Å². The molecule has 9 heteroatoms. The first-order valence-corrected chi connectivity index (χ1v) is 24.2. The topological polar surface area (TPSA) is 149 Å². The summed E-state index contributed by atoms with van der Waals surface area (Å²) in [6.07, 6.45) is 47.9. The maximum Gasteiger partial charge on any atom is 0.220 e. The van der Waals surface area contributed by atoms with Crippen molar-refractivity contribution in [3.63, 3.8) is 0 Å². The molecule has 0 radical (unpaired) electrons. The minimum absolute atomic E-state index is 0.192. The molecule has 60 heavy (non-hydrogen) atoms. The molecule has 7 unspecified atom stereocenters. The first-order valence-electron chi connectivity index (χ1n) is 24.2. The van der Waals surface area contributed by atoms with Gasteiger partial charge in [-0.15, -0.1) is 0 Å². The Balaban J connectivity index is 2.33. The first-order chi connectivity index (χ1) is 29.3. The third-order valence-corrected chi connectivity index (χ3v) is 11.0. The predicted octanol–water partition coefficient (Wildman–Crippen LogP) is 10.6. The Morgan fingerprint density at radius 1 is 0.583 bits per heavy atom. The maximum absolute atomic E-state index is 13.0. The monoisotopic (exact) mass is 844 g/mol. The number of carbonyl (C=O) groups excluding carboxylic acids is 1. The fourth-order valence-corrected chi connectivity index (χ4v) is 7.18. The average molecular weight is 844 g/mol. The Morgan fingerprint density at radius 3 is 1.53 bits per heavy atom. The second-order valence-corrected chi connectivity index (χ2v) is 16.5. The van der Waals surface area contributed by atoms with E-state index >= 15 is 0 Å². The lowest BCUT2D eigenvalue weighted by molar-refractivity contribution is -0.302. The van der Waals surface area contributed by atoms with Gasteiger partial charge in [0.2, 0.25) is 5.91 Å². The fraction of sp³-hybridized carbons (Fsp3) is 0.745. The third kappa shape index (κ3) is 30.6. The number of nitrogens with one attached hydrogen (secondary N) is 1. The van der Waals surface area contributed by atoms with Crippen molar-refractivity contribution in [3.8, 4) is 0 Å². The Labute approximate surface area is 366 Å². The van der Waals surface area contributed by atoms with Crippen molar-refractivity contribution in [2.24, 2.45) is 0 Å². The molecular weight excluding hydrogens is 755 g/mol. The molecule has 1 aliphatic rings. The zero-order valence-corrected chi connectivity index (χ0v) is 37.9. The highest BCUT2D eigenvalue weighted by atomic mass is 16.7. The fourth-order valence-electron chi connectivity index (χ4n) is 7.18. The van der Waals surface area contributed by atoms with E-state index in [9.17, 15) is 30.3 Å². The highest BCUT2D eigenvalue weighted by molar-refractivity contribution is 5.76. The van der Waals surface area contributed by atoms with Crippen LogP contribution in [-0.4, -0.2) is 87.5 Å². The maximum atomic E-state index is 13.0. The van der Waals surface area contributed by atoms with Crippen LogP contribution in [0, 0.1) is 0 Å². The molecule has 1 fully saturated rings. The molecule has 9 nitrogen and oxygen atoms in total. The van der Waals surface area contributed by atoms with E-state index in [4.69, 9.17) is 9.47 Å². The molecule has 7 atom stereocenters. The van der Waals surface area contributed by atoms with Gasteiger partial charge in [-0.25, -0.2) is 0 Å². The molecule has 0 aromatic rings. The van der Waals surface area contributed by atoms with Gasteiger partial charge >= 0.3 is 0 Å². The largest absolute Gasteiger partial charge is 0.394 e. The van der Waals surface area contributed by atoms with Crippen LogP contribution in [-0.2, 0) is 14.3 Å². The quantitative estimate of drug-likeness (QED) is 0.0265. The number of unbranched alkanes of at least 4 members (excludes halogenated alkanes) is 19. The van der Waals surface area contributed by atoms with Crippen LogP contribution in [0.3, 0.4) is 0 Å². The summed E-state index contributed by atoms with van der Waals surface area (Å²) in [6.45, 7) is 3.64. The number of hydrogen-bond donors (Lipinski definition) is 6. The Bertz CT molecular complexity index is 1160. The van der Waals surface area contributed by atoms with Gasteiger partial charge in [-0.3, -0.25) is 4.79 Å². The molecule has 0 aromatic carbocycles. The van der Waals surface area contributed by atoms with Crippen molar-refractivity contribution >= 4 is 5.91 Å². The van der Waals surface area contributed by atoms with Crippen molar-refractivity contribution in [2.45, 2.75) is 230 Å². The van der Waals surface area contributed by atoms with Gasteiger partial charge in [-0.2, -0.15) is 0 Å². The van der Waals surface area contributed by atoms with Crippen molar-refractivity contribution in [1.82, 2.24) is 5.32 Å². The molecule has 6 N–H and O–H groups in total.